The van der Waals surface area contributed by atoms with Gasteiger partial charge in [-0.05, 0) is 36.2 Å². The van der Waals surface area contributed by atoms with Gasteiger partial charge >= 0.3 is 0 Å². The van der Waals surface area contributed by atoms with Gasteiger partial charge in [-0.3, -0.25) is 0 Å². The molecule has 0 unspecified atom stereocenters. The van der Waals surface area contributed by atoms with Gasteiger partial charge in [-0.15, -0.1) is 11.3 Å². The van der Waals surface area contributed by atoms with Gasteiger partial charge in [0.15, 0.2) is 0 Å². The Kier molecular flexibility index (Phi) is 3.82. The van der Waals surface area contributed by atoms with Gasteiger partial charge in [0.2, 0.25) is 0 Å². The fraction of sp³-hybridized carbons (Fsp3) is 0.150. The minimum atomic E-state index is 0.860. The number of rotatable bonds is 4. The number of nitrogens with zero attached hydrogens (tertiary/aromatic N) is 1. The molecule has 4 heteroatoms. The van der Waals surface area contributed by atoms with E-state index in [-0.39, 0.29) is 0 Å². The van der Waals surface area contributed by atoms with Crippen molar-refractivity contribution in [3.8, 4) is 27.6 Å². The third-order valence-corrected chi connectivity index (χ3v) is 5.19. The first-order valence-electron chi connectivity index (χ1n) is 7.99. The summed E-state index contributed by atoms with van der Waals surface area (Å²) in [6.07, 6.45) is 3.09. The van der Waals surface area contributed by atoms with Crippen LogP contribution in [0, 0.1) is 0 Å². The number of nitrogens with one attached hydrogen (secondary N) is 1. The topological polar surface area (TPSA) is 37.9 Å². The highest BCUT2D eigenvalue weighted by Gasteiger charge is 2.12. The molecule has 3 nitrogen and oxygen atoms in total. The normalized spacial score (nSPS) is 11.1. The minimum absolute atomic E-state index is 0.860. The van der Waals surface area contributed by atoms with Crippen molar-refractivity contribution >= 4 is 22.2 Å². The summed E-state index contributed by atoms with van der Waals surface area (Å²) in [5, 5.41) is 4.38. The quantitative estimate of drug-likeness (QED) is 0.533. The smallest absolute Gasteiger partial charge is 0.124 e. The molecule has 2 heterocycles. The van der Waals surface area contributed by atoms with Gasteiger partial charge in [0.05, 0.1) is 12.8 Å². The van der Waals surface area contributed by atoms with Gasteiger partial charge < -0.3 is 9.72 Å². The van der Waals surface area contributed by atoms with Crippen LogP contribution >= 0.6 is 11.3 Å². The van der Waals surface area contributed by atoms with Crippen molar-refractivity contribution in [3.05, 3.63) is 59.6 Å². The standard InChI is InChI=1S/C20H18N2OS/c1-3-13-5-4-6-16-17(11-21-19(13)16)18-12-24-20(22-18)14-7-9-15(23-2)10-8-14/h4-12,21H,3H2,1-2H3. The van der Waals surface area contributed by atoms with Gasteiger partial charge in [0.1, 0.15) is 10.8 Å². The molecule has 0 fully saturated rings. The molecule has 0 atom stereocenters. The van der Waals surface area contributed by atoms with E-state index in [9.17, 15) is 0 Å². The van der Waals surface area contributed by atoms with Crippen molar-refractivity contribution in [2.75, 3.05) is 7.11 Å². The van der Waals surface area contributed by atoms with Crippen LogP contribution in [0.3, 0.4) is 0 Å². The van der Waals surface area contributed by atoms with Crippen LogP contribution in [0.4, 0.5) is 0 Å². The Balaban J connectivity index is 1.75. The van der Waals surface area contributed by atoms with Gasteiger partial charge in [-0.25, -0.2) is 4.98 Å². The SMILES string of the molecule is CCc1cccc2c(-c3csc(-c4ccc(OC)cc4)n3)c[nH]c12. The highest BCUT2D eigenvalue weighted by Crippen LogP contribution is 2.34. The van der Waals surface area contributed by atoms with Gasteiger partial charge in [-0.1, -0.05) is 25.1 Å². The summed E-state index contributed by atoms with van der Waals surface area (Å²) < 4.78 is 5.22. The largest absolute Gasteiger partial charge is 0.497 e. The summed E-state index contributed by atoms with van der Waals surface area (Å²) in [6, 6.07) is 14.5. The number of aromatic nitrogens is 2. The molecule has 0 aliphatic carbocycles. The number of aryl methyl sites for hydroxylation is 1. The molecular formula is C20H18N2OS. The summed E-state index contributed by atoms with van der Waals surface area (Å²) in [5.74, 6) is 0.860. The van der Waals surface area contributed by atoms with Crippen molar-refractivity contribution in [2.45, 2.75) is 13.3 Å². The first-order valence-corrected chi connectivity index (χ1v) is 8.87. The van der Waals surface area contributed by atoms with Crippen molar-refractivity contribution in [2.24, 2.45) is 0 Å². The van der Waals surface area contributed by atoms with Crippen molar-refractivity contribution in [1.29, 1.82) is 0 Å². The summed E-state index contributed by atoms with van der Waals surface area (Å²) in [7, 11) is 1.68. The number of hydrogen-bond acceptors (Lipinski definition) is 3. The van der Waals surface area contributed by atoms with E-state index in [0.717, 1.165) is 34.0 Å². The van der Waals surface area contributed by atoms with Crippen LogP contribution in [0.2, 0.25) is 0 Å². The molecule has 0 radical (unpaired) electrons. The molecule has 0 spiro atoms. The Morgan fingerprint density at radius 3 is 2.71 bits per heavy atom. The third kappa shape index (κ3) is 2.49. The molecule has 1 N–H and O–H groups in total. The zero-order valence-electron chi connectivity index (χ0n) is 13.7. The first kappa shape index (κ1) is 15.0. The van der Waals surface area contributed by atoms with E-state index in [2.05, 4.69) is 41.7 Å². The second-order valence-electron chi connectivity index (χ2n) is 5.66. The fourth-order valence-electron chi connectivity index (χ4n) is 2.99. The minimum Gasteiger partial charge on any atom is -0.497 e. The molecule has 120 valence electrons. The number of hydrogen-bond donors (Lipinski definition) is 1. The number of H-pyrrole nitrogens is 1. The summed E-state index contributed by atoms with van der Waals surface area (Å²) in [6.45, 7) is 2.18. The Morgan fingerprint density at radius 2 is 1.96 bits per heavy atom. The molecule has 4 aromatic rings. The summed E-state index contributed by atoms with van der Waals surface area (Å²) >= 11 is 1.67. The van der Waals surface area contributed by atoms with E-state index in [4.69, 9.17) is 9.72 Å². The van der Waals surface area contributed by atoms with Crippen LogP contribution in [0.25, 0.3) is 32.7 Å². The van der Waals surface area contributed by atoms with Crippen LogP contribution < -0.4 is 4.74 Å². The molecule has 0 aliphatic rings. The van der Waals surface area contributed by atoms with E-state index < -0.39 is 0 Å². The summed E-state index contributed by atoms with van der Waals surface area (Å²) in [4.78, 5) is 8.26. The maximum Gasteiger partial charge on any atom is 0.124 e. The Labute approximate surface area is 145 Å². The maximum atomic E-state index is 5.22. The molecule has 0 aliphatic heterocycles. The van der Waals surface area contributed by atoms with Gasteiger partial charge in [0, 0.05) is 33.6 Å². The lowest BCUT2D eigenvalue weighted by Crippen LogP contribution is -1.83. The Hall–Kier alpha value is -2.59. The number of aromatic amines is 1. The average molecular weight is 334 g/mol. The second-order valence-corrected chi connectivity index (χ2v) is 6.52. The van der Waals surface area contributed by atoms with Crippen molar-refractivity contribution in [3.63, 3.8) is 0 Å². The number of benzene rings is 2. The van der Waals surface area contributed by atoms with Crippen LogP contribution in [0.15, 0.2) is 54.0 Å². The molecule has 0 saturated carbocycles. The second kappa shape index (κ2) is 6.13. The average Bonchev–Trinajstić information content (AvgIpc) is 3.28. The van der Waals surface area contributed by atoms with E-state index in [1.54, 1.807) is 18.4 Å². The highest BCUT2D eigenvalue weighted by molar-refractivity contribution is 7.13. The summed E-state index contributed by atoms with van der Waals surface area (Å²) in [5.41, 5.74) is 5.85. The lowest BCUT2D eigenvalue weighted by atomic mass is 10.1. The molecule has 2 aromatic heterocycles. The third-order valence-electron chi connectivity index (χ3n) is 4.30. The zero-order valence-corrected chi connectivity index (χ0v) is 14.5. The van der Waals surface area contributed by atoms with E-state index in [0.29, 0.717) is 0 Å². The Bertz CT molecular complexity index is 982. The number of para-hydroxylation sites is 1. The van der Waals surface area contributed by atoms with Crippen LogP contribution in [0.5, 0.6) is 5.75 Å². The lowest BCUT2D eigenvalue weighted by Gasteiger charge is -2.01. The Morgan fingerprint density at radius 1 is 1.12 bits per heavy atom. The van der Waals surface area contributed by atoms with Crippen molar-refractivity contribution < 1.29 is 4.74 Å². The monoisotopic (exact) mass is 334 g/mol. The van der Waals surface area contributed by atoms with Crippen LogP contribution in [-0.2, 0) is 6.42 Å². The molecular weight excluding hydrogens is 316 g/mol. The van der Waals surface area contributed by atoms with Crippen LogP contribution in [0.1, 0.15) is 12.5 Å². The van der Waals surface area contributed by atoms with Crippen molar-refractivity contribution in [1.82, 2.24) is 9.97 Å². The number of fused-ring (bicyclic) bond motifs is 1. The molecule has 0 saturated heterocycles. The predicted molar refractivity (Wildman–Crippen MR) is 101 cm³/mol. The van der Waals surface area contributed by atoms with E-state index in [1.165, 1.54) is 16.5 Å². The van der Waals surface area contributed by atoms with Crippen LogP contribution in [-0.4, -0.2) is 17.1 Å². The van der Waals surface area contributed by atoms with E-state index >= 15 is 0 Å². The van der Waals surface area contributed by atoms with Gasteiger partial charge in [0.25, 0.3) is 0 Å². The number of ether oxygens (including phenoxy) is 1. The zero-order chi connectivity index (χ0) is 16.5. The molecule has 2 aromatic carbocycles. The molecule has 24 heavy (non-hydrogen) atoms. The van der Waals surface area contributed by atoms with Gasteiger partial charge in [-0.2, -0.15) is 0 Å². The maximum absolute atomic E-state index is 5.22. The molecule has 0 bridgehead atoms. The molecule has 4 rings (SSSR count). The highest BCUT2D eigenvalue weighted by atomic mass is 32.1. The van der Waals surface area contributed by atoms with E-state index in [1.807, 2.05) is 24.3 Å². The fourth-order valence-corrected chi connectivity index (χ4v) is 3.81. The first-order chi connectivity index (χ1) is 11.8. The predicted octanol–water partition coefficient (Wildman–Crippen LogP) is 5.53. The lowest BCUT2D eigenvalue weighted by molar-refractivity contribution is 0.415. The molecule has 0 amide bonds. The number of methoxy groups -OCH3 is 1. The number of thiazole rings is 1.